The fourth-order valence-electron chi connectivity index (χ4n) is 3.46. The molecule has 1 aliphatic heterocycles. The number of aromatic nitrogens is 2. The summed E-state index contributed by atoms with van der Waals surface area (Å²) in [6.45, 7) is 2.97. The maximum Gasteiger partial charge on any atom is 0.266 e. The number of likely N-dealkylation sites (tertiary alicyclic amines) is 1. The minimum Gasteiger partial charge on any atom is -0.486 e. The van der Waals surface area contributed by atoms with Gasteiger partial charge in [0.25, 0.3) is 5.91 Å². The largest absolute Gasteiger partial charge is 0.486 e. The summed E-state index contributed by atoms with van der Waals surface area (Å²) in [6.07, 6.45) is 5.53. The van der Waals surface area contributed by atoms with Gasteiger partial charge in [0.2, 0.25) is 0 Å². The molecule has 0 radical (unpaired) electrons. The van der Waals surface area contributed by atoms with Crippen LogP contribution in [0.5, 0.6) is 5.75 Å². The van der Waals surface area contributed by atoms with Crippen LogP contribution < -0.4 is 4.74 Å². The molecule has 1 fully saturated rings. The van der Waals surface area contributed by atoms with Gasteiger partial charge in [0.15, 0.2) is 0 Å². The van der Waals surface area contributed by atoms with Gasteiger partial charge in [-0.25, -0.2) is 4.98 Å². The van der Waals surface area contributed by atoms with Gasteiger partial charge in [-0.3, -0.25) is 9.78 Å². The normalized spacial score (nSPS) is 16.4. The summed E-state index contributed by atoms with van der Waals surface area (Å²) in [4.78, 5) is 24.5. The third-order valence-corrected chi connectivity index (χ3v) is 6.19. The van der Waals surface area contributed by atoms with Gasteiger partial charge in [-0.05, 0) is 61.7 Å². The quantitative estimate of drug-likeness (QED) is 0.586. The Morgan fingerprint density at radius 3 is 2.75 bits per heavy atom. The minimum atomic E-state index is 0.0482. The highest BCUT2D eigenvalue weighted by Crippen LogP contribution is 2.34. The third-order valence-electron chi connectivity index (χ3n) is 4.82. The molecule has 0 bridgehead atoms. The SMILES string of the molecule is Cc1nc(COc2ccc(Cl)cc2)sc1C(=O)N1CCCC1c1ccncc1. The maximum atomic E-state index is 13.2. The van der Waals surface area contributed by atoms with E-state index < -0.39 is 0 Å². The van der Waals surface area contributed by atoms with Crippen LogP contribution in [0.3, 0.4) is 0 Å². The molecule has 1 atom stereocenters. The summed E-state index contributed by atoms with van der Waals surface area (Å²) in [7, 11) is 0. The number of halogens is 1. The van der Waals surface area contributed by atoms with Crippen molar-refractivity contribution < 1.29 is 9.53 Å². The molecule has 3 aromatic rings. The van der Waals surface area contributed by atoms with Gasteiger partial charge in [0.05, 0.1) is 11.7 Å². The molecule has 0 aliphatic carbocycles. The molecule has 1 aromatic carbocycles. The first kappa shape index (κ1) is 18.9. The van der Waals surface area contributed by atoms with Gasteiger partial charge < -0.3 is 9.64 Å². The molecular weight excluding hydrogens is 394 g/mol. The van der Waals surface area contributed by atoms with E-state index in [1.165, 1.54) is 11.3 Å². The van der Waals surface area contributed by atoms with Crippen molar-refractivity contribution in [2.75, 3.05) is 6.54 Å². The number of benzene rings is 1. The summed E-state index contributed by atoms with van der Waals surface area (Å²) in [5.41, 5.74) is 1.89. The van der Waals surface area contributed by atoms with Crippen molar-refractivity contribution in [3.05, 3.63) is 75.0 Å². The number of carbonyl (C=O) groups excluding carboxylic acids is 1. The fourth-order valence-corrected chi connectivity index (χ4v) is 4.52. The zero-order valence-corrected chi connectivity index (χ0v) is 17.0. The summed E-state index contributed by atoms with van der Waals surface area (Å²) in [5.74, 6) is 0.773. The van der Waals surface area contributed by atoms with E-state index in [9.17, 15) is 4.79 Å². The first-order chi connectivity index (χ1) is 13.6. The van der Waals surface area contributed by atoms with Crippen LogP contribution in [0.4, 0.5) is 0 Å². The molecule has 4 rings (SSSR count). The molecule has 0 spiro atoms. The maximum absolute atomic E-state index is 13.2. The number of thiazole rings is 1. The number of rotatable bonds is 5. The highest BCUT2D eigenvalue weighted by Gasteiger charge is 2.32. The number of carbonyl (C=O) groups is 1. The Hall–Kier alpha value is -2.44. The monoisotopic (exact) mass is 413 g/mol. The summed E-state index contributed by atoms with van der Waals surface area (Å²) < 4.78 is 5.77. The smallest absolute Gasteiger partial charge is 0.266 e. The number of aryl methyl sites for hydroxylation is 1. The average Bonchev–Trinajstić information content (AvgIpc) is 3.34. The minimum absolute atomic E-state index is 0.0482. The van der Waals surface area contributed by atoms with E-state index in [-0.39, 0.29) is 11.9 Å². The van der Waals surface area contributed by atoms with Crippen molar-refractivity contribution in [3.8, 4) is 5.75 Å². The van der Waals surface area contributed by atoms with Gasteiger partial charge >= 0.3 is 0 Å². The van der Waals surface area contributed by atoms with Crippen LogP contribution in [-0.4, -0.2) is 27.3 Å². The fraction of sp³-hybridized carbons (Fsp3) is 0.286. The Morgan fingerprint density at radius 1 is 1.25 bits per heavy atom. The molecule has 1 unspecified atom stereocenters. The van der Waals surface area contributed by atoms with Crippen LogP contribution >= 0.6 is 22.9 Å². The molecule has 1 aliphatic rings. The number of amides is 1. The number of ether oxygens (including phenoxy) is 1. The molecule has 144 valence electrons. The average molecular weight is 414 g/mol. The second kappa shape index (κ2) is 8.29. The van der Waals surface area contributed by atoms with Crippen molar-refractivity contribution in [2.45, 2.75) is 32.4 Å². The number of hydrogen-bond donors (Lipinski definition) is 0. The molecule has 0 saturated carbocycles. The molecule has 1 amide bonds. The van der Waals surface area contributed by atoms with E-state index in [0.29, 0.717) is 16.5 Å². The second-order valence-electron chi connectivity index (χ2n) is 6.70. The number of pyridine rings is 1. The van der Waals surface area contributed by atoms with Crippen LogP contribution in [0.2, 0.25) is 5.02 Å². The van der Waals surface area contributed by atoms with Crippen molar-refractivity contribution in [2.24, 2.45) is 0 Å². The van der Waals surface area contributed by atoms with E-state index in [1.54, 1.807) is 24.5 Å². The topological polar surface area (TPSA) is 55.3 Å². The van der Waals surface area contributed by atoms with Crippen LogP contribution in [0.25, 0.3) is 0 Å². The van der Waals surface area contributed by atoms with Gasteiger partial charge in [0, 0.05) is 24.0 Å². The van der Waals surface area contributed by atoms with E-state index in [0.717, 1.165) is 41.4 Å². The van der Waals surface area contributed by atoms with Gasteiger partial charge in [-0.15, -0.1) is 11.3 Å². The number of nitrogens with zero attached hydrogens (tertiary/aromatic N) is 3. The standard InChI is InChI=1S/C21H20ClN3O2S/c1-14-20(28-19(24-14)13-27-17-6-4-16(22)5-7-17)21(26)25-12-2-3-18(25)15-8-10-23-11-9-15/h4-11,18H,2-3,12-13H2,1H3. The molecule has 1 saturated heterocycles. The van der Waals surface area contributed by atoms with Crippen molar-refractivity contribution in [1.29, 1.82) is 0 Å². The summed E-state index contributed by atoms with van der Waals surface area (Å²) in [5, 5.41) is 1.45. The van der Waals surface area contributed by atoms with Crippen molar-refractivity contribution >= 4 is 28.8 Å². The first-order valence-corrected chi connectivity index (χ1v) is 10.4. The Bertz CT molecular complexity index is 960. The van der Waals surface area contributed by atoms with Gasteiger partial charge in [-0.2, -0.15) is 0 Å². The Balaban J connectivity index is 1.48. The lowest BCUT2D eigenvalue weighted by Gasteiger charge is -2.24. The molecule has 5 nitrogen and oxygen atoms in total. The summed E-state index contributed by atoms with van der Waals surface area (Å²) >= 11 is 7.30. The third kappa shape index (κ3) is 4.03. The lowest BCUT2D eigenvalue weighted by molar-refractivity contribution is 0.0739. The van der Waals surface area contributed by atoms with E-state index in [1.807, 2.05) is 36.1 Å². The summed E-state index contributed by atoms with van der Waals surface area (Å²) in [6, 6.07) is 11.3. The molecular formula is C21H20ClN3O2S. The molecule has 28 heavy (non-hydrogen) atoms. The first-order valence-electron chi connectivity index (χ1n) is 9.17. The second-order valence-corrected chi connectivity index (χ2v) is 8.22. The Morgan fingerprint density at radius 2 is 2.00 bits per heavy atom. The highest BCUT2D eigenvalue weighted by molar-refractivity contribution is 7.13. The van der Waals surface area contributed by atoms with Gasteiger partial charge in [0.1, 0.15) is 22.2 Å². The van der Waals surface area contributed by atoms with Crippen LogP contribution in [-0.2, 0) is 6.61 Å². The zero-order chi connectivity index (χ0) is 19.5. The zero-order valence-electron chi connectivity index (χ0n) is 15.5. The van der Waals surface area contributed by atoms with Crippen molar-refractivity contribution in [1.82, 2.24) is 14.9 Å². The molecule has 2 aromatic heterocycles. The Labute approximate surface area is 173 Å². The Kier molecular flexibility index (Phi) is 5.59. The number of hydrogen-bond acceptors (Lipinski definition) is 5. The highest BCUT2D eigenvalue weighted by atomic mass is 35.5. The molecule has 0 N–H and O–H groups in total. The van der Waals surface area contributed by atoms with Crippen LogP contribution in [0.15, 0.2) is 48.8 Å². The van der Waals surface area contributed by atoms with Crippen molar-refractivity contribution in [3.63, 3.8) is 0 Å². The molecule has 3 heterocycles. The lowest BCUT2D eigenvalue weighted by atomic mass is 10.1. The van der Waals surface area contributed by atoms with Gasteiger partial charge in [-0.1, -0.05) is 11.6 Å². The van der Waals surface area contributed by atoms with Crippen LogP contribution in [0, 0.1) is 6.92 Å². The predicted molar refractivity (Wildman–Crippen MR) is 110 cm³/mol. The van der Waals surface area contributed by atoms with Crippen LogP contribution in [0.1, 0.15) is 44.8 Å². The molecule has 7 heteroatoms. The lowest BCUT2D eigenvalue weighted by Crippen LogP contribution is -2.30. The van der Waals surface area contributed by atoms with E-state index in [2.05, 4.69) is 9.97 Å². The van der Waals surface area contributed by atoms with E-state index in [4.69, 9.17) is 16.3 Å². The van der Waals surface area contributed by atoms with E-state index >= 15 is 0 Å². The predicted octanol–water partition coefficient (Wildman–Crippen LogP) is 5.06.